The van der Waals surface area contributed by atoms with Crippen molar-refractivity contribution in [3.8, 4) is 0 Å². The van der Waals surface area contributed by atoms with Crippen molar-refractivity contribution >= 4 is 17.8 Å². The molecule has 1 amide bonds. The predicted molar refractivity (Wildman–Crippen MR) is 120 cm³/mol. The van der Waals surface area contributed by atoms with Gasteiger partial charge in [0.15, 0.2) is 11.6 Å². The Balaban J connectivity index is 1.86. The van der Waals surface area contributed by atoms with Gasteiger partial charge in [-0.15, -0.1) is 0 Å². The summed E-state index contributed by atoms with van der Waals surface area (Å²) in [7, 11) is 3.01. The van der Waals surface area contributed by atoms with Crippen LogP contribution < -0.4 is 5.32 Å². The van der Waals surface area contributed by atoms with Crippen molar-refractivity contribution in [3.05, 3.63) is 82.3 Å². The Labute approximate surface area is 200 Å². The number of alkyl carbamates (subject to hydrolysis) is 1. The zero-order chi connectivity index (χ0) is 25.8. The first-order valence-electron chi connectivity index (χ1n) is 10.9. The molecule has 7 nitrogen and oxygen atoms in total. The second kappa shape index (κ2) is 10.6. The van der Waals surface area contributed by atoms with E-state index in [9.17, 15) is 14.4 Å². The van der Waals surface area contributed by atoms with E-state index in [0.717, 1.165) is 6.20 Å². The second-order valence-corrected chi connectivity index (χ2v) is 8.23. The highest BCUT2D eigenvalue weighted by Gasteiger charge is 2.51. The number of nitrogens with one attached hydrogen (secondary N) is 1. The van der Waals surface area contributed by atoms with Crippen molar-refractivity contribution in [1.29, 1.82) is 0 Å². The number of Topliss-reactive ketones (excluding diaryl/α,β-unsaturated/α-hetero) is 1. The summed E-state index contributed by atoms with van der Waals surface area (Å²) in [5.41, 5.74) is -3.06. The highest BCUT2D eigenvalue weighted by Crippen LogP contribution is 2.48. The maximum atomic E-state index is 15.1. The lowest BCUT2D eigenvalue weighted by Gasteiger charge is -2.20. The fourth-order valence-corrected chi connectivity index (χ4v) is 3.53. The molecule has 1 aliphatic carbocycles. The van der Waals surface area contributed by atoms with E-state index in [2.05, 4.69) is 5.32 Å². The number of esters is 1. The molecule has 1 saturated carbocycles. The molecule has 186 valence electrons. The maximum Gasteiger partial charge on any atom is 0.408 e. The quantitative estimate of drug-likeness (QED) is 0.142. The van der Waals surface area contributed by atoms with Gasteiger partial charge < -0.3 is 19.7 Å². The maximum absolute atomic E-state index is 15.1. The summed E-state index contributed by atoms with van der Waals surface area (Å²) in [6.07, 6.45) is 0.436. The molecule has 0 radical (unpaired) electrons. The normalized spacial score (nSPS) is 14.2. The van der Waals surface area contributed by atoms with Crippen LogP contribution in [-0.4, -0.2) is 43.4 Å². The van der Waals surface area contributed by atoms with Gasteiger partial charge in [0, 0.05) is 20.3 Å². The van der Waals surface area contributed by atoms with Gasteiger partial charge in [0.05, 0.1) is 23.3 Å². The van der Waals surface area contributed by atoms with E-state index in [1.54, 1.807) is 30.3 Å². The molecule has 0 aliphatic heterocycles. The van der Waals surface area contributed by atoms with Crippen LogP contribution in [0.2, 0.25) is 0 Å². The summed E-state index contributed by atoms with van der Waals surface area (Å²) in [5.74, 6) is -6.79. The zero-order valence-corrected chi connectivity index (χ0v) is 19.5. The van der Waals surface area contributed by atoms with Crippen molar-refractivity contribution in [1.82, 2.24) is 10.2 Å². The average Bonchev–Trinajstić information content (AvgIpc) is 3.58. The first kappa shape index (κ1) is 25.8. The molecule has 3 rings (SSSR count). The summed E-state index contributed by atoms with van der Waals surface area (Å²) in [6, 6.07) is 9.31. The standard InChI is InChI=1S/C25H25F3N2O5/c1-4-34-23(32)17(13-30(2)3)22(31)16-12-18(26)19(21(28)20(16)27)25(10-11-25)29-24(33)35-14-15-8-6-5-7-9-15/h5-9,12-13H,4,10-11,14H2,1-3H3,(H,29,33)/b17-13-. The average molecular weight is 490 g/mol. The topological polar surface area (TPSA) is 84.9 Å². The number of ether oxygens (including phenoxy) is 2. The first-order chi connectivity index (χ1) is 16.6. The Bertz CT molecular complexity index is 1160. The summed E-state index contributed by atoms with van der Waals surface area (Å²) < 4.78 is 55.1. The van der Waals surface area contributed by atoms with E-state index in [4.69, 9.17) is 9.47 Å². The monoisotopic (exact) mass is 490 g/mol. The minimum absolute atomic E-state index is 0.0599. The van der Waals surface area contributed by atoms with Crippen LogP contribution in [-0.2, 0) is 26.4 Å². The van der Waals surface area contributed by atoms with Gasteiger partial charge in [0.25, 0.3) is 0 Å². The number of nitrogens with zero attached hydrogens (tertiary/aromatic N) is 1. The van der Waals surface area contributed by atoms with Gasteiger partial charge >= 0.3 is 12.1 Å². The molecule has 1 N–H and O–H groups in total. The molecule has 10 heteroatoms. The number of hydrogen-bond donors (Lipinski definition) is 1. The lowest BCUT2D eigenvalue weighted by atomic mass is 9.96. The lowest BCUT2D eigenvalue weighted by molar-refractivity contribution is -0.138. The second-order valence-electron chi connectivity index (χ2n) is 8.23. The van der Waals surface area contributed by atoms with Gasteiger partial charge in [0.2, 0.25) is 5.78 Å². The van der Waals surface area contributed by atoms with Crippen LogP contribution >= 0.6 is 0 Å². The van der Waals surface area contributed by atoms with E-state index in [1.165, 1.54) is 25.9 Å². The Morgan fingerprint density at radius 1 is 1.06 bits per heavy atom. The molecule has 0 heterocycles. The summed E-state index contributed by atoms with van der Waals surface area (Å²) in [4.78, 5) is 38.6. The minimum atomic E-state index is -1.63. The van der Waals surface area contributed by atoms with Crippen molar-refractivity contribution in [2.45, 2.75) is 31.9 Å². The molecule has 0 bridgehead atoms. The van der Waals surface area contributed by atoms with Crippen molar-refractivity contribution in [2.24, 2.45) is 0 Å². The number of ketones is 1. The van der Waals surface area contributed by atoms with Crippen LogP contribution in [0.4, 0.5) is 18.0 Å². The molecule has 2 aromatic carbocycles. The number of halogens is 3. The predicted octanol–water partition coefficient (Wildman–Crippen LogP) is 4.21. The Morgan fingerprint density at radius 3 is 2.29 bits per heavy atom. The van der Waals surface area contributed by atoms with Crippen LogP contribution in [0.25, 0.3) is 0 Å². The van der Waals surface area contributed by atoms with E-state index < -0.39 is 57.5 Å². The third-order valence-electron chi connectivity index (χ3n) is 5.31. The number of benzene rings is 2. The van der Waals surface area contributed by atoms with Gasteiger partial charge in [-0.1, -0.05) is 30.3 Å². The van der Waals surface area contributed by atoms with Crippen LogP contribution in [0.1, 0.15) is 41.3 Å². The van der Waals surface area contributed by atoms with E-state index >= 15 is 13.2 Å². The molecule has 0 saturated heterocycles. The fourth-order valence-electron chi connectivity index (χ4n) is 3.53. The smallest absolute Gasteiger partial charge is 0.408 e. The summed E-state index contributed by atoms with van der Waals surface area (Å²) in [6.45, 7) is 1.39. The molecular weight excluding hydrogens is 465 g/mol. The molecule has 35 heavy (non-hydrogen) atoms. The van der Waals surface area contributed by atoms with E-state index in [-0.39, 0.29) is 26.1 Å². The number of rotatable bonds is 9. The van der Waals surface area contributed by atoms with Crippen molar-refractivity contribution < 1.29 is 37.0 Å². The minimum Gasteiger partial charge on any atom is -0.462 e. The number of hydrogen-bond acceptors (Lipinski definition) is 6. The Morgan fingerprint density at radius 2 is 1.71 bits per heavy atom. The third kappa shape index (κ3) is 5.82. The molecule has 2 aromatic rings. The molecule has 1 aliphatic rings. The highest BCUT2D eigenvalue weighted by atomic mass is 19.2. The van der Waals surface area contributed by atoms with Crippen LogP contribution in [0.15, 0.2) is 48.2 Å². The summed E-state index contributed by atoms with van der Waals surface area (Å²) >= 11 is 0. The molecule has 0 unspecified atom stereocenters. The fraction of sp³-hybridized carbons (Fsp3) is 0.320. The highest BCUT2D eigenvalue weighted by molar-refractivity contribution is 6.24. The van der Waals surface area contributed by atoms with E-state index in [1.807, 2.05) is 0 Å². The molecule has 0 atom stereocenters. The molecule has 1 fully saturated rings. The van der Waals surface area contributed by atoms with Gasteiger partial charge in [-0.25, -0.2) is 22.8 Å². The largest absolute Gasteiger partial charge is 0.462 e. The van der Waals surface area contributed by atoms with Gasteiger partial charge in [-0.2, -0.15) is 0 Å². The zero-order valence-electron chi connectivity index (χ0n) is 19.5. The number of carbonyl (C=O) groups excluding carboxylic acids is 3. The van der Waals surface area contributed by atoms with Crippen LogP contribution in [0, 0.1) is 17.5 Å². The van der Waals surface area contributed by atoms with Crippen molar-refractivity contribution in [3.63, 3.8) is 0 Å². The van der Waals surface area contributed by atoms with Gasteiger partial charge in [0.1, 0.15) is 18.0 Å². The molecule has 0 aromatic heterocycles. The van der Waals surface area contributed by atoms with Crippen molar-refractivity contribution in [2.75, 3.05) is 20.7 Å². The number of carbonyl (C=O) groups is 3. The van der Waals surface area contributed by atoms with Gasteiger partial charge in [-0.3, -0.25) is 4.79 Å². The number of amides is 1. The van der Waals surface area contributed by atoms with E-state index in [0.29, 0.717) is 11.6 Å². The Hall–Kier alpha value is -3.82. The molecular formula is C25H25F3N2O5. The summed E-state index contributed by atoms with van der Waals surface area (Å²) in [5, 5.41) is 2.41. The van der Waals surface area contributed by atoms with Gasteiger partial charge in [-0.05, 0) is 31.4 Å². The van der Waals surface area contributed by atoms with Crippen LogP contribution in [0.3, 0.4) is 0 Å². The first-order valence-corrected chi connectivity index (χ1v) is 10.9. The SMILES string of the molecule is CCOC(=O)/C(=C\N(C)C)C(=O)c1cc(F)c(C2(NC(=O)OCc3ccccc3)CC2)c(F)c1F. The lowest BCUT2D eigenvalue weighted by Crippen LogP contribution is -2.37. The van der Waals surface area contributed by atoms with Crippen LogP contribution in [0.5, 0.6) is 0 Å². The molecule has 0 spiro atoms. The Kier molecular flexibility index (Phi) is 7.83. The third-order valence-corrected chi connectivity index (χ3v) is 5.31.